The SMILES string of the molecule is C[C@]1(C(=O)NCc2ccc(F)cc2)Cn2c(cc3ccsc32)C(=O)N1c1cccc(F)c1. The summed E-state index contributed by atoms with van der Waals surface area (Å²) >= 11 is 1.50. The van der Waals surface area contributed by atoms with E-state index in [1.165, 1.54) is 46.6 Å². The van der Waals surface area contributed by atoms with Crippen LogP contribution in [0.5, 0.6) is 0 Å². The van der Waals surface area contributed by atoms with Crippen molar-refractivity contribution in [3.8, 4) is 0 Å². The number of carbonyl (C=O) groups excluding carboxylic acids is 2. The van der Waals surface area contributed by atoms with Gasteiger partial charge >= 0.3 is 0 Å². The number of halogens is 2. The highest BCUT2D eigenvalue weighted by Gasteiger charge is 2.48. The highest BCUT2D eigenvalue weighted by Crippen LogP contribution is 2.37. The van der Waals surface area contributed by atoms with E-state index < -0.39 is 11.4 Å². The Balaban J connectivity index is 1.56. The van der Waals surface area contributed by atoms with E-state index in [9.17, 15) is 18.4 Å². The summed E-state index contributed by atoms with van der Waals surface area (Å²) < 4.78 is 29.1. The zero-order chi connectivity index (χ0) is 22.5. The van der Waals surface area contributed by atoms with Crippen molar-refractivity contribution < 1.29 is 18.4 Å². The fourth-order valence-corrected chi connectivity index (χ4v) is 5.09. The summed E-state index contributed by atoms with van der Waals surface area (Å²) in [6, 6.07) is 15.2. The molecule has 1 N–H and O–H groups in total. The van der Waals surface area contributed by atoms with Gasteiger partial charge in [-0.1, -0.05) is 18.2 Å². The van der Waals surface area contributed by atoms with Crippen molar-refractivity contribution in [1.29, 1.82) is 0 Å². The van der Waals surface area contributed by atoms with Gasteiger partial charge in [-0.2, -0.15) is 0 Å². The number of hydrogen-bond acceptors (Lipinski definition) is 3. The predicted molar refractivity (Wildman–Crippen MR) is 120 cm³/mol. The number of nitrogens with zero attached hydrogens (tertiary/aromatic N) is 2. The molecule has 0 radical (unpaired) electrons. The molecule has 1 atom stereocenters. The maximum absolute atomic E-state index is 14.0. The molecule has 162 valence electrons. The fourth-order valence-electron chi connectivity index (χ4n) is 4.19. The number of aromatic nitrogens is 1. The molecule has 1 aliphatic rings. The van der Waals surface area contributed by atoms with Crippen molar-refractivity contribution >= 4 is 39.1 Å². The predicted octanol–water partition coefficient (Wildman–Crippen LogP) is 4.72. The van der Waals surface area contributed by atoms with E-state index in [1.54, 1.807) is 31.2 Å². The zero-order valence-corrected chi connectivity index (χ0v) is 18.0. The topological polar surface area (TPSA) is 54.3 Å². The zero-order valence-electron chi connectivity index (χ0n) is 17.1. The Hall–Kier alpha value is -3.52. The Kier molecular flexibility index (Phi) is 4.82. The molecular weight excluding hydrogens is 432 g/mol. The number of thiophene rings is 1. The average molecular weight is 451 g/mol. The van der Waals surface area contributed by atoms with Crippen LogP contribution in [0.1, 0.15) is 23.0 Å². The largest absolute Gasteiger partial charge is 0.350 e. The van der Waals surface area contributed by atoms with Crippen molar-refractivity contribution in [1.82, 2.24) is 9.88 Å². The van der Waals surface area contributed by atoms with Crippen LogP contribution in [0, 0.1) is 11.6 Å². The molecule has 4 aromatic rings. The first-order chi connectivity index (χ1) is 15.4. The Morgan fingerprint density at radius 3 is 2.62 bits per heavy atom. The van der Waals surface area contributed by atoms with E-state index >= 15 is 0 Å². The molecule has 5 nitrogen and oxygen atoms in total. The molecule has 0 spiro atoms. The van der Waals surface area contributed by atoms with E-state index in [-0.39, 0.29) is 30.7 Å². The smallest absolute Gasteiger partial charge is 0.275 e. The molecule has 2 amide bonds. The highest BCUT2D eigenvalue weighted by molar-refractivity contribution is 7.16. The maximum Gasteiger partial charge on any atom is 0.275 e. The molecule has 0 saturated heterocycles. The third-order valence-electron chi connectivity index (χ3n) is 5.81. The van der Waals surface area contributed by atoms with Crippen LogP contribution in [-0.2, 0) is 17.9 Å². The van der Waals surface area contributed by atoms with Crippen molar-refractivity contribution in [2.45, 2.75) is 25.6 Å². The van der Waals surface area contributed by atoms with Crippen LogP contribution in [0.15, 0.2) is 66.0 Å². The number of carbonyl (C=O) groups is 2. The summed E-state index contributed by atoms with van der Waals surface area (Å²) in [5.41, 5.74) is 0.184. The summed E-state index contributed by atoms with van der Waals surface area (Å²) in [7, 11) is 0. The highest BCUT2D eigenvalue weighted by atomic mass is 32.1. The van der Waals surface area contributed by atoms with Crippen molar-refractivity contribution in [3.05, 3.63) is 88.9 Å². The number of benzene rings is 2. The molecule has 1 aliphatic heterocycles. The van der Waals surface area contributed by atoms with E-state index in [2.05, 4.69) is 5.32 Å². The molecule has 2 aromatic heterocycles. The summed E-state index contributed by atoms with van der Waals surface area (Å²) in [5.74, 6) is -1.61. The lowest BCUT2D eigenvalue weighted by Gasteiger charge is -2.43. The van der Waals surface area contributed by atoms with E-state index in [1.807, 2.05) is 16.0 Å². The van der Waals surface area contributed by atoms with Gasteiger partial charge in [0.15, 0.2) is 0 Å². The Bertz CT molecular complexity index is 1350. The molecule has 3 heterocycles. The van der Waals surface area contributed by atoms with Gasteiger partial charge in [0, 0.05) is 17.6 Å². The number of fused-ring (bicyclic) bond motifs is 3. The van der Waals surface area contributed by atoms with Crippen LogP contribution in [0.3, 0.4) is 0 Å². The lowest BCUT2D eigenvalue weighted by Crippen LogP contribution is -2.64. The van der Waals surface area contributed by atoms with Crippen LogP contribution >= 0.6 is 11.3 Å². The summed E-state index contributed by atoms with van der Waals surface area (Å²) in [4.78, 5) is 29.4. The van der Waals surface area contributed by atoms with Crippen molar-refractivity contribution in [2.24, 2.45) is 0 Å². The quantitative estimate of drug-likeness (QED) is 0.488. The summed E-state index contributed by atoms with van der Waals surface area (Å²) in [6.07, 6.45) is 0. The molecule has 8 heteroatoms. The van der Waals surface area contributed by atoms with Gasteiger partial charge in [0.05, 0.1) is 6.54 Å². The van der Waals surface area contributed by atoms with Crippen molar-refractivity contribution in [2.75, 3.05) is 4.90 Å². The maximum atomic E-state index is 14.0. The van der Waals surface area contributed by atoms with Gasteiger partial charge in [0.25, 0.3) is 5.91 Å². The van der Waals surface area contributed by atoms with Gasteiger partial charge < -0.3 is 9.88 Å². The van der Waals surface area contributed by atoms with Gasteiger partial charge in [0.2, 0.25) is 5.91 Å². The Morgan fingerprint density at radius 1 is 1.09 bits per heavy atom. The molecule has 0 bridgehead atoms. The standard InChI is InChI=1S/C24H19F2N3O2S/c1-24(23(31)27-13-15-5-7-17(25)8-6-15)14-28-20(11-16-9-10-32-22(16)28)21(30)29(24)19-4-2-3-18(26)12-19/h2-12H,13-14H2,1H3,(H,27,31)/t24-/m1/s1. The third-order valence-corrected chi connectivity index (χ3v) is 6.76. The second-order valence-electron chi connectivity index (χ2n) is 8.00. The first kappa shape index (κ1) is 20.4. The fraction of sp³-hybridized carbons (Fsp3) is 0.167. The van der Waals surface area contributed by atoms with Gasteiger partial charge in [-0.3, -0.25) is 14.5 Å². The number of amides is 2. The van der Waals surface area contributed by atoms with E-state index in [0.717, 1.165) is 15.8 Å². The number of anilines is 1. The van der Waals surface area contributed by atoms with Gasteiger partial charge in [-0.05, 0) is 60.3 Å². The second-order valence-corrected chi connectivity index (χ2v) is 8.89. The van der Waals surface area contributed by atoms with Gasteiger partial charge in [-0.15, -0.1) is 11.3 Å². The van der Waals surface area contributed by atoms with E-state index in [0.29, 0.717) is 11.4 Å². The molecule has 0 fully saturated rings. The third kappa shape index (κ3) is 3.27. The molecule has 5 rings (SSSR count). The number of hydrogen-bond donors (Lipinski definition) is 1. The van der Waals surface area contributed by atoms with Crippen LogP contribution in [-0.4, -0.2) is 21.9 Å². The normalized spacial score (nSPS) is 18.1. The first-order valence-corrected chi connectivity index (χ1v) is 10.9. The van der Waals surface area contributed by atoms with Gasteiger partial charge in [0.1, 0.15) is 27.7 Å². The lowest BCUT2D eigenvalue weighted by molar-refractivity contribution is -0.126. The summed E-state index contributed by atoms with van der Waals surface area (Å²) in [6.45, 7) is 2.06. The summed E-state index contributed by atoms with van der Waals surface area (Å²) in [5, 5.41) is 5.73. The van der Waals surface area contributed by atoms with Crippen molar-refractivity contribution in [3.63, 3.8) is 0 Å². The van der Waals surface area contributed by atoms with Crippen LogP contribution in [0.4, 0.5) is 14.5 Å². The minimum Gasteiger partial charge on any atom is -0.350 e. The van der Waals surface area contributed by atoms with Crippen LogP contribution in [0.2, 0.25) is 0 Å². The molecular formula is C24H19F2N3O2S. The second kappa shape index (κ2) is 7.56. The Labute approximate surface area is 186 Å². The molecule has 0 saturated carbocycles. The molecule has 2 aromatic carbocycles. The van der Waals surface area contributed by atoms with E-state index in [4.69, 9.17) is 0 Å². The number of nitrogens with one attached hydrogen (secondary N) is 1. The molecule has 0 unspecified atom stereocenters. The molecule has 32 heavy (non-hydrogen) atoms. The van der Waals surface area contributed by atoms with Crippen LogP contribution in [0.25, 0.3) is 10.2 Å². The first-order valence-electron chi connectivity index (χ1n) is 10.1. The molecule has 0 aliphatic carbocycles. The Morgan fingerprint density at radius 2 is 1.88 bits per heavy atom. The average Bonchev–Trinajstić information content (AvgIpc) is 3.36. The number of rotatable bonds is 4. The monoisotopic (exact) mass is 451 g/mol. The van der Waals surface area contributed by atoms with Gasteiger partial charge in [-0.25, -0.2) is 8.78 Å². The minimum absolute atomic E-state index is 0.173. The minimum atomic E-state index is -1.31. The lowest BCUT2D eigenvalue weighted by atomic mass is 9.93. The van der Waals surface area contributed by atoms with Crippen LogP contribution < -0.4 is 10.2 Å².